The second-order valence-corrected chi connectivity index (χ2v) is 6.24. The van der Waals surface area contributed by atoms with Crippen molar-refractivity contribution in [1.82, 2.24) is 5.32 Å². The van der Waals surface area contributed by atoms with Gasteiger partial charge in [-0.1, -0.05) is 24.3 Å². The maximum Gasteiger partial charge on any atom is 0.0666 e. The van der Waals surface area contributed by atoms with Crippen LogP contribution in [-0.2, 0) is 12.8 Å². The van der Waals surface area contributed by atoms with E-state index in [0.717, 1.165) is 18.4 Å². The van der Waals surface area contributed by atoms with Crippen molar-refractivity contribution in [2.24, 2.45) is 17.8 Å². The molecule has 0 aliphatic heterocycles. The van der Waals surface area contributed by atoms with E-state index in [-0.39, 0.29) is 5.92 Å². The Morgan fingerprint density at radius 2 is 1.79 bits per heavy atom. The van der Waals surface area contributed by atoms with Crippen molar-refractivity contribution in [2.75, 3.05) is 6.54 Å². The van der Waals surface area contributed by atoms with E-state index in [1.807, 2.05) is 6.92 Å². The Morgan fingerprint density at radius 3 is 2.32 bits per heavy atom. The molecule has 0 saturated heterocycles. The lowest BCUT2D eigenvalue weighted by Crippen LogP contribution is -2.40. The van der Waals surface area contributed by atoms with Crippen molar-refractivity contribution in [2.45, 2.75) is 38.6 Å². The van der Waals surface area contributed by atoms with Gasteiger partial charge in [0.25, 0.3) is 0 Å². The third kappa shape index (κ3) is 2.53. The average molecular weight is 254 g/mol. The highest BCUT2D eigenvalue weighted by molar-refractivity contribution is 5.30. The Kier molecular flexibility index (Phi) is 3.57. The van der Waals surface area contributed by atoms with Crippen molar-refractivity contribution in [1.29, 1.82) is 5.26 Å². The van der Waals surface area contributed by atoms with Gasteiger partial charge >= 0.3 is 0 Å². The number of hydrogen-bond acceptors (Lipinski definition) is 2. The van der Waals surface area contributed by atoms with E-state index in [0.29, 0.717) is 6.04 Å². The SMILES string of the molecule is CC(C#N)CNC1C2CCC1Cc1ccccc1C2. The van der Waals surface area contributed by atoms with Crippen LogP contribution in [0.4, 0.5) is 0 Å². The monoisotopic (exact) mass is 254 g/mol. The molecule has 19 heavy (non-hydrogen) atoms. The molecular formula is C17H22N2. The van der Waals surface area contributed by atoms with E-state index >= 15 is 0 Å². The van der Waals surface area contributed by atoms with Crippen molar-refractivity contribution < 1.29 is 0 Å². The first-order valence-corrected chi connectivity index (χ1v) is 7.47. The Labute approximate surface area is 115 Å². The molecule has 2 aliphatic carbocycles. The highest BCUT2D eigenvalue weighted by atomic mass is 14.9. The molecular weight excluding hydrogens is 232 g/mol. The van der Waals surface area contributed by atoms with Crippen LogP contribution < -0.4 is 5.32 Å². The van der Waals surface area contributed by atoms with Gasteiger partial charge in [0.2, 0.25) is 0 Å². The smallest absolute Gasteiger partial charge is 0.0666 e. The van der Waals surface area contributed by atoms with Crippen LogP contribution in [0.1, 0.15) is 30.9 Å². The summed E-state index contributed by atoms with van der Waals surface area (Å²) in [5, 5.41) is 12.6. The minimum absolute atomic E-state index is 0.116. The highest BCUT2D eigenvalue weighted by Gasteiger charge is 2.38. The molecule has 0 amide bonds. The lowest BCUT2D eigenvalue weighted by Gasteiger charge is -2.24. The third-order valence-electron chi connectivity index (χ3n) is 4.89. The zero-order valence-corrected chi connectivity index (χ0v) is 11.6. The first-order chi connectivity index (χ1) is 9.28. The van der Waals surface area contributed by atoms with Gasteiger partial charge in [-0.15, -0.1) is 0 Å². The van der Waals surface area contributed by atoms with E-state index in [1.54, 1.807) is 11.1 Å². The molecule has 1 saturated carbocycles. The minimum Gasteiger partial charge on any atom is -0.312 e. The van der Waals surface area contributed by atoms with Crippen molar-refractivity contribution >= 4 is 0 Å². The van der Waals surface area contributed by atoms with Crippen LogP contribution in [0.2, 0.25) is 0 Å². The van der Waals surface area contributed by atoms with Gasteiger partial charge in [0.15, 0.2) is 0 Å². The molecule has 3 atom stereocenters. The molecule has 0 heterocycles. The third-order valence-corrected chi connectivity index (χ3v) is 4.89. The molecule has 2 heteroatoms. The zero-order valence-electron chi connectivity index (χ0n) is 11.6. The van der Waals surface area contributed by atoms with Gasteiger partial charge in [0, 0.05) is 12.6 Å². The van der Waals surface area contributed by atoms with Crippen LogP contribution in [0, 0.1) is 29.1 Å². The number of benzene rings is 1. The van der Waals surface area contributed by atoms with E-state index < -0.39 is 0 Å². The molecule has 0 aromatic heterocycles. The van der Waals surface area contributed by atoms with E-state index in [1.165, 1.54) is 25.7 Å². The summed E-state index contributed by atoms with van der Waals surface area (Å²) in [7, 11) is 0. The summed E-state index contributed by atoms with van der Waals surface area (Å²) >= 11 is 0. The van der Waals surface area contributed by atoms with Crippen LogP contribution in [0.3, 0.4) is 0 Å². The van der Waals surface area contributed by atoms with Crippen molar-refractivity contribution in [3.05, 3.63) is 35.4 Å². The molecule has 0 spiro atoms. The molecule has 0 radical (unpaired) electrons. The summed E-state index contributed by atoms with van der Waals surface area (Å²) in [4.78, 5) is 0. The van der Waals surface area contributed by atoms with Gasteiger partial charge in [0.1, 0.15) is 0 Å². The number of nitrogens with zero attached hydrogens (tertiary/aromatic N) is 1. The van der Waals surface area contributed by atoms with Crippen molar-refractivity contribution in [3.63, 3.8) is 0 Å². The molecule has 1 N–H and O–H groups in total. The summed E-state index contributed by atoms with van der Waals surface area (Å²) in [6.07, 6.45) is 5.12. The zero-order chi connectivity index (χ0) is 13.2. The maximum absolute atomic E-state index is 8.92. The van der Waals surface area contributed by atoms with E-state index in [9.17, 15) is 0 Å². The van der Waals surface area contributed by atoms with Gasteiger partial charge < -0.3 is 5.32 Å². The maximum atomic E-state index is 8.92. The molecule has 1 fully saturated rings. The van der Waals surface area contributed by atoms with E-state index in [4.69, 9.17) is 5.26 Å². The molecule has 2 aliphatic rings. The number of hydrogen-bond donors (Lipinski definition) is 1. The molecule has 2 bridgehead atoms. The van der Waals surface area contributed by atoms with Crippen molar-refractivity contribution in [3.8, 4) is 6.07 Å². The molecule has 2 nitrogen and oxygen atoms in total. The summed E-state index contributed by atoms with van der Waals surface area (Å²) in [5.41, 5.74) is 3.10. The fourth-order valence-corrected chi connectivity index (χ4v) is 3.84. The predicted molar refractivity (Wildman–Crippen MR) is 76.6 cm³/mol. The average Bonchev–Trinajstić information content (AvgIpc) is 2.70. The standard InChI is InChI=1S/C17H22N2/c1-12(10-18)11-19-17-15-6-7-16(17)9-14-5-3-2-4-13(14)8-15/h2-5,12,15-17,19H,6-9,11H2,1H3. The molecule has 1 aromatic rings. The van der Waals surface area contributed by atoms with Gasteiger partial charge in [0.05, 0.1) is 12.0 Å². The Bertz CT molecular complexity index is 455. The second-order valence-electron chi connectivity index (χ2n) is 6.24. The summed E-state index contributed by atoms with van der Waals surface area (Å²) < 4.78 is 0. The number of nitrogens with one attached hydrogen (secondary N) is 1. The first-order valence-electron chi connectivity index (χ1n) is 7.47. The lowest BCUT2D eigenvalue weighted by molar-refractivity contribution is 0.334. The Morgan fingerprint density at radius 1 is 1.21 bits per heavy atom. The second kappa shape index (κ2) is 5.35. The van der Waals surface area contributed by atoms with E-state index in [2.05, 4.69) is 35.7 Å². The molecule has 3 unspecified atom stereocenters. The largest absolute Gasteiger partial charge is 0.312 e. The van der Waals surface area contributed by atoms with Gasteiger partial charge in [-0.3, -0.25) is 0 Å². The van der Waals surface area contributed by atoms with Gasteiger partial charge in [-0.25, -0.2) is 0 Å². The predicted octanol–water partition coefficient (Wildman–Crippen LogP) is 2.93. The quantitative estimate of drug-likeness (QED) is 0.900. The number of fused-ring (bicyclic) bond motifs is 3. The normalized spacial score (nSPS) is 30.2. The summed E-state index contributed by atoms with van der Waals surface area (Å²) in [6.45, 7) is 2.84. The van der Waals surface area contributed by atoms with Crippen LogP contribution in [0.25, 0.3) is 0 Å². The molecule has 100 valence electrons. The summed E-state index contributed by atoms with van der Waals surface area (Å²) in [6, 6.07) is 11.9. The lowest BCUT2D eigenvalue weighted by atomic mass is 9.94. The highest BCUT2D eigenvalue weighted by Crippen LogP contribution is 2.39. The fraction of sp³-hybridized carbons (Fsp3) is 0.588. The van der Waals surface area contributed by atoms with Gasteiger partial charge in [-0.2, -0.15) is 5.26 Å². The number of nitriles is 1. The number of rotatable bonds is 3. The Balaban J connectivity index is 1.74. The van der Waals surface area contributed by atoms with Crippen LogP contribution in [-0.4, -0.2) is 12.6 Å². The fourth-order valence-electron chi connectivity index (χ4n) is 3.84. The Hall–Kier alpha value is -1.33. The molecule has 3 rings (SSSR count). The summed E-state index contributed by atoms with van der Waals surface area (Å²) in [5.74, 6) is 1.64. The van der Waals surface area contributed by atoms with Crippen LogP contribution in [0.15, 0.2) is 24.3 Å². The van der Waals surface area contributed by atoms with Crippen LogP contribution >= 0.6 is 0 Å². The minimum atomic E-state index is 0.116. The van der Waals surface area contributed by atoms with Crippen LogP contribution in [0.5, 0.6) is 0 Å². The first kappa shape index (κ1) is 12.7. The van der Waals surface area contributed by atoms with Gasteiger partial charge in [-0.05, 0) is 55.6 Å². The molecule has 1 aromatic carbocycles. The topological polar surface area (TPSA) is 35.8 Å².